The van der Waals surface area contributed by atoms with Gasteiger partial charge in [-0.3, -0.25) is 9.59 Å². The maximum absolute atomic E-state index is 11.2. The Balaban J connectivity index is 3.30. The van der Waals surface area contributed by atoms with Gasteiger partial charge in [-0.05, 0) is 6.42 Å². The molecule has 0 aliphatic carbocycles. The molecule has 1 unspecified atom stereocenters. The highest BCUT2D eigenvalue weighted by atomic mass is 16.2. The summed E-state index contributed by atoms with van der Waals surface area (Å²) >= 11 is 0. The van der Waals surface area contributed by atoms with Crippen LogP contribution in [0.3, 0.4) is 0 Å². The minimum absolute atomic E-state index is 0.191. The van der Waals surface area contributed by atoms with E-state index in [0.29, 0.717) is 6.42 Å². The van der Waals surface area contributed by atoms with Crippen LogP contribution in [0.1, 0.15) is 110 Å². The molecule has 0 fully saturated rings. The molecule has 142 valence electrons. The molecular weight excluding hydrogens is 300 g/mol. The summed E-state index contributed by atoms with van der Waals surface area (Å²) in [7, 11) is 0. The average Bonchev–Trinajstić information content (AvgIpc) is 2.53. The van der Waals surface area contributed by atoms with E-state index in [1.54, 1.807) is 0 Å². The fraction of sp³-hybridized carbons (Fsp3) is 0.900. The van der Waals surface area contributed by atoms with E-state index in [2.05, 4.69) is 12.2 Å². The Kier molecular flexibility index (Phi) is 16.0. The number of hydrogen-bond acceptors (Lipinski definition) is 2. The molecule has 1 atom stereocenters. The zero-order chi connectivity index (χ0) is 18.0. The van der Waals surface area contributed by atoms with Gasteiger partial charge in [-0.1, -0.05) is 96.8 Å². The van der Waals surface area contributed by atoms with Gasteiger partial charge in [0.25, 0.3) is 0 Å². The molecule has 0 heterocycles. The molecule has 24 heavy (non-hydrogen) atoms. The third kappa shape index (κ3) is 15.8. The Morgan fingerprint density at radius 1 is 0.750 bits per heavy atom. The van der Waals surface area contributed by atoms with E-state index in [4.69, 9.17) is 5.73 Å². The maximum atomic E-state index is 11.2. The second-order valence-electron chi connectivity index (χ2n) is 7.04. The third-order valence-electron chi connectivity index (χ3n) is 4.57. The van der Waals surface area contributed by atoms with Gasteiger partial charge in [-0.15, -0.1) is 0 Å². The average molecular weight is 341 g/mol. The minimum atomic E-state index is -0.500. The number of rotatable bonds is 17. The van der Waals surface area contributed by atoms with Crippen LogP contribution in [0, 0.1) is 0 Å². The van der Waals surface area contributed by atoms with E-state index in [-0.39, 0.29) is 5.91 Å². The Hall–Kier alpha value is -1.06. The number of nitrogens with two attached hydrogens (primary N) is 1. The largest absolute Gasteiger partial charge is 0.368 e. The summed E-state index contributed by atoms with van der Waals surface area (Å²) in [5.74, 6) is -0.621. The normalized spacial score (nSPS) is 12.1. The first-order chi connectivity index (χ1) is 11.6. The summed E-state index contributed by atoms with van der Waals surface area (Å²) in [6, 6.07) is -0.500. The lowest BCUT2D eigenvalue weighted by atomic mass is 10.0. The minimum Gasteiger partial charge on any atom is -0.368 e. The lowest BCUT2D eigenvalue weighted by molar-refractivity contribution is -0.126. The molecule has 3 N–H and O–H groups in total. The Labute approximate surface area is 149 Å². The zero-order valence-electron chi connectivity index (χ0n) is 16.1. The van der Waals surface area contributed by atoms with Crippen molar-refractivity contribution in [2.24, 2.45) is 5.73 Å². The molecule has 0 saturated heterocycles. The highest BCUT2D eigenvalue weighted by molar-refractivity contribution is 5.85. The predicted molar refractivity (Wildman–Crippen MR) is 102 cm³/mol. The van der Waals surface area contributed by atoms with E-state index in [1.807, 2.05) is 0 Å². The first-order valence-corrected chi connectivity index (χ1v) is 10.1. The smallest absolute Gasteiger partial charge is 0.239 e. The summed E-state index contributed by atoms with van der Waals surface area (Å²) in [5, 5.41) is 2.61. The second kappa shape index (κ2) is 16.8. The molecule has 0 saturated carbocycles. The van der Waals surface area contributed by atoms with Crippen LogP contribution in [0.25, 0.3) is 0 Å². The van der Waals surface area contributed by atoms with Crippen LogP contribution in [0.5, 0.6) is 0 Å². The molecule has 0 bridgehead atoms. The van der Waals surface area contributed by atoms with Gasteiger partial charge >= 0.3 is 0 Å². The van der Waals surface area contributed by atoms with E-state index >= 15 is 0 Å². The topological polar surface area (TPSA) is 72.2 Å². The fourth-order valence-electron chi connectivity index (χ4n) is 3.07. The number of nitrogens with one attached hydrogen (secondary N) is 1. The number of unbranched alkanes of at least 4 members (excludes halogenated alkanes) is 13. The molecule has 0 aromatic heterocycles. The molecular formula is C20H40N2O2. The predicted octanol–water partition coefficient (Wildman–Crippen LogP) is 4.85. The Morgan fingerprint density at radius 3 is 1.46 bits per heavy atom. The molecule has 0 aromatic rings. The van der Waals surface area contributed by atoms with Crippen molar-refractivity contribution in [1.82, 2.24) is 5.32 Å². The van der Waals surface area contributed by atoms with Gasteiger partial charge in [0, 0.05) is 6.92 Å². The van der Waals surface area contributed by atoms with Crippen molar-refractivity contribution in [3.63, 3.8) is 0 Å². The van der Waals surface area contributed by atoms with Crippen molar-refractivity contribution in [3.8, 4) is 0 Å². The molecule has 4 nitrogen and oxygen atoms in total. The number of carbonyl (C=O) groups is 2. The van der Waals surface area contributed by atoms with Gasteiger partial charge in [0.15, 0.2) is 0 Å². The zero-order valence-corrected chi connectivity index (χ0v) is 16.1. The Bertz CT molecular complexity index is 319. The number of primary amides is 1. The first kappa shape index (κ1) is 22.9. The number of amides is 2. The first-order valence-electron chi connectivity index (χ1n) is 10.1. The van der Waals surface area contributed by atoms with E-state index in [9.17, 15) is 9.59 Å². The standard InChI is InChI=1S/C20H40N2O2/c1-3-4-5-6-7-8-9-10-11-12-13-14-15-16-17-19(20(21)24)22-18(2)23/h19H,3-17H2,1-2H3,(H2,21,24)(H,22,23). The molecule has 4 heteroatoms. The third-order valence-corrected chi connectivity index (χ3v) is 4.57. The number of carbonyl (C=O) groups excluding carboxylic acids is 2. The molecule has 0 aromatic carbocycles. The van der Waals surface area contributed by atoms with Crippen molar-refractivity contribution < 1.29 is 9.59 Å². The van der Waals surface area contributed by atoms with Crippen LogP contribution in [0.2, 0.25) is 0 Å². The van der Waals surface area contributed by atoms with Crippen LogP contribution in [0.4, 0.5) is 0 Å². The quantitative estimate of drug-likeness (QED) is 0.372. The van der Waals surface area contributed by atoms with Gasteiger partial charge in [-0.2, -0.15) is 0 Å². The monoisotopic (exact) mass is 340 g/mol. The molecule has 0 spiro atoms. The molecule has 0 radical (unpaired) electrons. The van der Waals surface area contributed by atoms with Gasteiger partial charge < -0.3 is 11.1 Å². The van der Waals surface area contributed by atoms with Crippen LogP contribution in [-0.4, -0.2) is 17.9 Å². The number of hydrogen-bond donors (Lipinski definition) is 2. The SMILES string of the molecule is CCCCCCCCCCCCCCCCC(NC(C)=O)C(N)=O. The van der Waals surface area contributed by atoms with Gasteiger partial charge in [-0.25, -0.2) is 0 Å². The van der Waals surface area contributed by atoms with Crippen LogP contribution in [-0.2, 0) is 9.59 Å². The molecule has 2 amide bonds. The summed E-state index contributed by atoms with van der Waals surface area (Å²) in [4.78, 5) is 22.2. The van der Waals surface area contributed by atoms with E-state index in [1.165, 1.54) is 84.0 Å². The highest BCUT2D eigenvalue weighted by Crippen LogP contribution is 2.13. The van der Waals surface area contributed by atoms with Crippen molar-refractivity contribution in [1.29, 1.82) is 0 Å². The molecule has 0 aliphatic rings. The van der Waals surface area contributed by atoms with Crippen LogP contribution >= 0.6 is 0 Å². The summed E-state index contributed by atoms with van der Waals surface area (Å²) in [5.41, 5.74) is 5.29. The van der Waals surface area contributed by atoms with Crippen molar-refractivity contribution >= 4 is 11.8 Å². The molecule has 0 rings (SSSR count). The van der Waals surface area contributed by atoms with E-state index in [0.717, 1.165) is 12.8 Å². The summed E-state index contributed by atoms with van der Waals surface area (Å²) < 4.78 is 0. The summed E-state index contributed by atoms with van der Waals surface area (Å²) in [6.45, 7) is 3.68. The van der Waals surface area contributed by atoms with Gasteiger partial charge in [0.05, 0.1) is 0 Å². The highest BCUT2D eigenvalue weighted by Gasteiger charge is 2.15. The lowest BCUT2D eigenvalue weighted by Crippen LogP contribution is -2.43. The van der Waals surface area contributed by atoms with E-state index < -0.39 is 11.9 Å². The maximum Gasteiger partial charge on any atom is 0.239 e. The van der Waals surface area contributed by atoms with Crippen LogP contribution < -0.4 is 11.1 Å². The van der Waals surface area contributed by atoms with Gasteiger partial charge in [0.1, 0.15) is 6.04 Å². The van der Waals surface area contributed by atoms with Gasteiger partial charge in [0.2, 0.25) is 11.8 Å². The summed E-state index contributed by atoms with van der Waals surface area (Å²) in [6.07, 6.45) is 19.0. The second-order valence-corrected chi connectivity index (χ2v) is 7.04. The Morgan fingerprint density at radius 2 is 1.12 bits per heavy atom. The lowest BCUT2D eigenvalue weighted by Gasteiger charge is -2.13. The van der Waals surface area contributed by atoms with Crippen molar-refractivity contribution in [2.45, 2.75) is 116 Å². The molecule has 0 aliphatic heterocycles. The van der Waals surface area contributed by atoms with Crippen molar-refractivity contribution in [2.75, 3.05) is 0 Å². The van der Waals surface area contributed by atoms with Crippen molar-refractivity contribution in [3.05, 3.63) is 0 Å². The fourth-order valence-corrected chi connectivity index (χ4v) is 3.07. The van der Waals surface area contributed by atoms with Crippen LogP contribution in [0.15, 0.2) is 0 Å².